The molecule has 1 N–H and O–H groups in total. The van der Waals surface area contributed by atoms with Crippen LogP contribution in [0.5, 0.6) is 0 Å². The number of H-pyrrole nitrogens is 1. The molecule has 0 fully saturated rings. The van der Waals surface area contributed by atoms with E-state index in [4.69, 9.17) is 4.98 Å². The van der Waals surface area contributed by atoms with Gasteiger partial charge in [-0.05, 0) is 43.0 Å². The fourth-order valence-electron chi connectivity index (χ4n) is 4.21. The van der Waals surface area contributed by atoms with Crippen LogP contribution < -0.4 is 5.56 Å². The zero-order valence-electron chi connectivity index (χ0n) is 17.3. The van der Waals surface area contributed by atoms with Crippen LogP contribution in [0.25, 0.3) is 11.3 Å². The summed E-state index contributed by atoms with van der Waals surface area (Å²) < 4.78 is 1.06. The molecule has 158 valence electrons. The topological polar surface area (TPSA) is 74.2 Å². The molecule has 2 aliphatic rings. The maximum Gasteiger partial charge on any atom is 0.255 e. The summed E-state index contributed by atoms with van der Waals surface area (Å²) in [6, 6.07) is 12.3. The van der Waals surface area contributed by atoms with E-state index in [0.717, 1.165) is 83.6 Å². The highest BCUT2D eigenvalue weighted by atomic mass is 79.9. The van der Waals surface area contributed by atoms with Crippen molar-refractivity contribution in [2.75, 3.05) is 13.1 Å². The second kappa shape index (κ2) is 8.85. The second-order valence-corrected chi connectivity index (χ2v) is 9.06. The number of rotatable bonds is 4. The predicted octanol–water partition coefficient (Wildman–Crippen LogP) is 4.13. The molecule has 0 atom stereocenters. The lowest BCUT2D eigenvalue weighted by Crippen LogP contribution is -2.36. The van der Waals surface area contributed by atoms with Gasteiger partial charge in [0.2, 0.25) is 0 Å². The Kier molecular flexibility index (Phi) is 5.78. The van der Waals surface area contributed by atoms with Crippen molar-refractivity contribution < 1.29 is 0 Å². The molecule has 2 aromatic heterocycles. The fourth-order valence-corrected chi connectivity index (χ4v) is 4.48. The van der Waals surface area contributed by atoms with Gasteiger partial charge in [-0.2, -0.15) is 0 Å². The molecule has 1 aromatic carbocycles. The van der Waals surface area contributed by atoms with E-state index in [2.05, 4.69) is 60.1 Å². The highest BCUT2D eigenvalue weighted by Gasteiger charge is 2.22. The third-order valence-corrected chi connectivity index (χ3v) is 6.44. The maximum atomic E-state index is 12.8. The Bertz CT molecular complexity index is 1170. The number of benzene rings is 1. The molecule has 0 bridgehead atoms. The SMILES string of the molecule is O=c1[nH]c(C2=NCCCC2)nc2c1CN(Cc1ccc(-c3ccc(Br)cc3)nc1)CC2. The summed E-state index contributed by atoms with van der Waals surface area (Å²) in [5.74, 6) is 0.671. The van der Waals surface area contributed by atoms with Crippen molar-refractivity contribution in [2.24, 2.45) is 4.99 Å². The summed E-state index contributed by atoms with van der Waals surface area (Å²) >= 11 is 3.46. The van der Waals surface area contributed by atoms with Gasteiger partial charge in [-0.25, -0.2) is 4.98 Å². The molecule has 31 heavy (non-hydrogen) atoms. The van der Waals surface area contributed by atoms with Gasteiger partial charge in [0.1, 0.15) is 0 Å². The van der Waals surface area contributed by atoms with Crippen molar-refractivity contribution in [3.8, 4) is 11.3 Å². The van der Waals surface area contributed by atoms with Gasteiger partial charge in [0.05, 0.1) is 22.7 Å². The van der Waals surface area contributed by atoms with E-state index < -0.39 is 0 Å². The minimum atomic E-state index is -0.0262. The molecule has 0 amide bonds. The fraction of sp³-hybridized carbons (Fsp3) is 0.333. The Morgan fingerprint density at radius 2 is 1.94 bits per heavy atom. The molecule has 0 aliphatic carbocycles. The van der Waals surface area contributed by atoms with Crippen molar-refractivity contribution in [1.82, 2.24) is 19.9 Å². The van der Waals surface area contributed by atoms with E-state index in [1.54, 1.807) is 0 Å². The summed E-state index contributed by atoms with van der Waals surface area (Å²) in [5.41, 5.74) is 5.82. The molecule has 2 aliphatic heterocycles. The third kappa shape index (κ3) is 4.52. The maximum absolute atomic E-state index is 12.8. The average Bonchev–Trinajstić information content (AvgIpc) is 2.81. The molecular weight excluding hydrogens is 454 g/mol. The summed E-state index contributed by atoms with van der Waals surface area (Å²) in [5, 5.41) is 0. The van der Waals surface area contributed by atoms with Crippen LogP contribution in [-0.2, 0) is 19.5 Å². The van der Waals surface area contributed by atoms with Crippen molar-refractivity contribution in [3.63, 3.8) is 0 Å². The van der Waals surface area contributed by atoms with Crippen LogP contribution >= 0.6 is 15.9 Å². The smallest absolute Gasteiger partial charge is 0.255 e. The van der Waals surface area contributed by atoms with Gasteiger partial charge in [-0.1, -0.05) is 34.1 Å². The van der Waals surface area contributed by atoms with Gasteiger partial charge < -0.3 is 4.98 Å². The van der Waals surface area contributed by atoms with Crippen LogP contribution in [0.15, 0.2) is 56.9 Å². The van der Waals surface area contributed by atoms with Crippen molar-refractivity contribution in [2.45, 2.75) is 38.8 Å². The Balaban J connectivity index is 1.29. The van der Waals surface area contributed by atoms with Crippen molar-refractivity contribution in [1.29, 1.82) is 0 Å². The Labute approximate surface area is 189 Å². The van der Waals surface area contributed by atoms with Crippen molar-refractivity contribution >= 4 is 21.6 Å². The molecule has 5 rings (SSSR count). The van der Waals surface area contributed by atoms with Crippen LogP contribution in [0, 0.1) is 0 Å². The van der Waals surface area contributed by atoms with Crippen molar-refractivity contribution in [3.05, 3.63) is 80.1 Å². The van der Waals surface area contributed by atoms with Crippen LogP contribution in [0.3, 0.4) is 0 Å². The monoisotopic (exact) mass is 477 g/mol. The zero-order valence-corrected chi connectivity index (χ0v) is 18.9. The molecule has 0 saturated heterocycles. The molecule has 0 unspecified atom stereocenters. The number of aromatic amines is 1. The van der Waals surface area contributed by atoms with Crippen LogP contribution in [0.2, 0.25) is 0 Å². The van der Waals surface area contributed by atoms with E-state index in [9.17, 15) is 4.79 Å². The van der Waals surface area contributed by atoms with Gasteiger partial charge in [0.15, 0.2) is 5.82 Å². The van der Waals surface area contributed by atoms with E-state index in [1.807, 2.05) is 18.3 Å². The number of fused-ring (bicyclic) bond motifs is 1. The normalized spacial score (nSPS) is 16.6. The largest absolute Gasteiger partial charge is 0.305 e. The number of pyridine rings is 1. The Hall–Kier alpha value is -2.64. The molecular formula is C24H24BrN5O. The lowest BCUT2D eigenvalue weighted by atomic mass is 10.0. The number of hydrogen-bond acceptors (Lipinski definition) is 5. The zero-order chi connectivity index (χ0) is 21.2. The first-order chi connectivity index (χ1) is 15.2. The summed E-state index contributed by atoms with van der Waals surface area (Å²) in [6.45, 7) is 3.09. The molecule has 0 radical (unpaired) electrons. The first-order valence-electron chi connectivity index (χ1n) is 10.7. The predicted molar refractivity (Wildman–Crippen MR) is 125 cm³/mol. The first kappa shape index (κ1) is 20.3. The Morgan fingerprint density at radius 3 is 2.68 bits per heavy atom. The molecule has 0 spiro atoms. The number of aromatic nitrogens is 3. The minimum absolute atomic E-state index is 0.0262. The van der Waals surface area contributed by atoms with E-state index in [0.29, 0.717) is 12.4 Å². The average molecular weight is 478 g/mol. The number of nitrogens with zero attached hydrogens (tertiary/aromatic N) is 4. The highest BCUT2D eigenvalue weighted by molar-refractivity contribution is 9.10. The molecule has 3 aromatic rings. The van der Waals surface area contributed by atoms with Crippen LogP contribution in [0.4, 0.5) is 0 Å². The molecule has 7 heteroatoms. The summed E-state index contributed by atoms with van der Waals surface area (Å²) in [7, 11) is 0. The lowest BCUT2D eigenvalue weighted by molar-refractivity contribution is 0.241. The van der Waals surface area contributed by atoms with Crippen LogP contribution in [0.1, 0.15) is 41.9 Å². The van der Waals surface area contributed by atoms with Gasteiger partial charge in [0.25, 0.3) is 5.56 Å². The molecule has 4 heterocycles. The van der Waals surface area contributed by atoms with Gasteiger partial charge in [0, 0.05) is 48.8 Å². The quantitative estimate of drug-likeness (QED) is 0.612. The van der Waals surface area contributed by atoms with Gasteiger partial charge in [-0.3, -0.25) is 19.7 Å². The number of nitrogens with one attached hydrogen (secondary N) is 1. The van der Waals surface area contributed by atoms with E-state index in [1.165, 1.54) is 0 Å². The van der Waals surface area contributed by atoms with Gasteiger partial charge >= 0.3 is 0 Å². The summed E-state index contributed by atoms with van der Waals surface area (Å²) in [6.07, 6.45) is 5.84. The number of aliphatic imine (C=N–C) groups is 1. The molecule has 6 nitrogen and oxygen atoms in total. The van der Waals surface area contributed by atoms with E-state index >= 15 is 0 Å². The highest BCUT2D eigenvalue weighted by Crippen LogP contribution is 2.22. The number of hydrogen-bond donors (Lipinski definition) is 1. The summed E-state index contributed by atoms with van der Waals surface area (Å²) in [4.78, 5) is 32.0. The Morgan fingerprint density at radius 1 is 1.06 bits per heavy atom. The minimum Gasteiger partial charge on any atom is -0.305 e. The van der Waals surface area contributed by atoms with E-state index in [-0.39, 0.29) is 5.56 Å². The third-order valence-electron chi connectivity index (χ3n) is 5.92. The first-order valence-corrected chi connectivity index (χ1v) is 11.5. The van der Waals surface area contributed by atoms with Crippen LogP contribution in [-0.4, -0.2) is 38.7 Å². The number of halogens is 1. The lowest BCUT2D eigenvalue weighted by Gasteiger charge is -2.27. The standard InChI is InChI=1S/C24H24BrN5O/c25-18-7-5-17(6-8-18)20-9-4-16(13-27-20)14-30-12-10-21-19(15-30)24(31)29-23(28-21)22-3-1-2-11-26-22/h4-9,13H,1-3,10-12,14-15H2,(H,28,29,31). The molecule has 0 saturated carbocycles. The van der Waals surface area contributed by atoms with Gasteiger partial charge in [-0.15, -0.1) is 0 Å². The second-order valence-electron chi connectivity index (χ2n) is 8.14.